The minimum atomic E-state index is 0. The van der Waals surface area contributed by atoms with Gasteiger partial charge in [0, 0.05) is 41.7 Å². The second-order valence-corrected chi connectivity index (χ2v) is 8.54. The summed E-state index contributed by atoms with van der Waals surface area (Å²) >= 11 is 1.87. The lowest BCUT2D eigenvalue weighted by atomic mass is 9.91. The molecule has 2 aromatic rings. The maximum atomic E-state index is 2.31. The van der Waals surface area contributed by atoms with Crippen molar-refractivity contribution in [3.05, 3.63) is 81.1 Å². The van der Waals surface area contributed by atoms with E-state index in [9.17, 15) is 0 Å². The third kappa shape index (κ3) is 4.60. The van der Waals surface area contributed by atoms with Crippen LogP contribution in [0.15, 0.2) is 60.2 Å². The number of nitrogens with zero attached hydrogens (tertiary/aromatic N) is 2. The Morgan fingerprint density at radius 2 is 1.52 bits per heavy atom. The second kappa shape index (κ2) is 8.73. The molecule has 4 heteroatoms. The van der Waals surface area contributed by atoms with Gasteiger partial charge in [0.25, 0.3) is 0 Å². The molecule has 0 radical (unpaired) electrons. The molecule has 0 aliphatic heterocycles. The van der Waals surface area contributed by atoms with E-state index in [1.54, 1.807) is 0 Å². The standard InChI is InChI=1S/C23H27N2S.ClH/c1-16-15-22(17(2)26-16)23(18-7-11-20(12-8-18)24(3)4)19-9-13-21(14-10-19)25(5)6;/h7-15H,1-6H3;1H/q+1;/p-1. The summed E-state index contributed by atoms with van der Waals surface area (Å²) in [5, 5.41) is 0. The van der Waals surface area contributed by atoms with E-state index in [2.05, 4.69) is 106 Å². The minimum absolute atomic E-state index is 0. The van der Waals surface area contributed by atoms with Gasteiger partial charge in [0.05, 0.1) is 0 Å². The van der Waals surface area contributed by atoms with Gasteiger partial charge >= 0.3 is 0 Å². The Hall–Kier alpha value is -2.10. The molecular formula is C23H27ClN2S. The predicted molar refractivity (Wildman–Crippen MR) is 116 cm³/mol. The molecule has 1 aliphatic carbocycles. The van der Waals surface area contributed by atoms with Gasteiger partial charge in [-0.25, -0.2) is 4.58 Å². The third-order valence-corrected chi connectivity index (χ3v) is 5.62. The van der Waals surface area contributed by atoms with Crippen molar-refractivity contribution >= 4 is 28.3 Å². The van der Waals surface area contributed by atoms with Crippen molar-refractivity contribution < 1.29 is 17.0 Å². The molecular weight excluding hydrogens is 372 g/mol. The molecule has 0 amide bonds. The Labute approximate surface area is 173 Å². The molecule has 0 fully saturated rings. The summed E-state index contributed by atoms with van der Waals surface area (Å²) < 4.78 is 2.13. The lowest BCUT2D eigenvalue weighted by Gasteiger charge is -2.16. The number of hydrogen-bond donors (Lipinski definition) is 0. The number of hydrogen-bond acceptors (Lipinski definition) is 2. The van der Waals surface area contributed by atoms with Gasteiger partial charge in [0.15, 0.2) is 5.71 Å². The fourth-order valence-corrected chi connectivity index (χ4v) is 4.14. The first-order valence-electron chi connectivity index (χ1n) is 8.86. The Morgan fingerprint density at radius 1 is 0.926 bits per heavy atom. The lowest BCUT2D eigenvalue weighted by Crippen LogP contribution is -3.00. The first-order valence-corrected chi connectivity index (χ1v) is 9.68. The van der Waals surface area contributed by atoms with Crippen molar-refractivity contribution in [3.63, 3.8) is 0 Å². The van der Waals surface area contributed by atoms with Crippen LogP contribution in [-0.4, -0.2) is 38.5 Å². The van der Waals surface area contributed by atoms with E-state index >= 15 is 0 Å². The van der Waals surface area contributed by atoms with E-state index in [-0.39, 0.29) is 12.4 Å². The summed E-state index contributed by atoms with van der Waals surface area (Å²) in [4.78, 5) is 4.85. The fraction of sp³-hybridized carbons (Fsp3) is 0.261. The number of anilines is 1. The molecule has 1 aromatic heterocycles. The van der Waals surface area contributed by atoms with Crippen molar-refractivity contribution in [2.45, 2.75) is 13.8 Å². The zero-order chi connectivity index (χ0) is 18.8. The topological polar surface area (TPSA) is 6.25 Å². The highest BCUT2D eigenvalue weighted by Gasteiger charge is 2.16. The number of rotatable bonds is 3. The van der Waals surface area contributed by atoms with Crippen LogP contribution in [0.25, 0.3) is 5.57 Å². The maximum absolute atomic E-state index is 2.31. The highest BCUT2D eigenvalue weighted by molar-refractivity contribution is 7.12. The van der Waals surface area contributed by atoms with Gasteiger partial charge in [-0.05, 0) is 66.5 Å². The highest BCUT2D eigenvalue weighted by Crippen LogP contribution is 2.35. The van der Waals surface area contributed by atoms with Crippen LogP contribution in [0.1, 0.15) is 20.9 Å². The zero-order valence-corrected chi connectivity index (χ0v) is 18.4. The highest BCUT2D eigenvalue weighted by atomic mass is 35.5. The van der Waals surface area contributed by atoms with Crippen molar-refractivity contribution in [1.82, 2.24) is 0 Å². The van der Waals surface area contributed by atoms with Crippen LogP contribution >= 0.6 is 11.3 Å². The molecule has 0 atom stereocenters. The van der Waals surface area contributed by atoms with Gasteiger partial charge < -0.3 is 17.3 Å². The smallest absolute Gasteiger partial charge is 0.199 e. The van der Waals surface area contributed by atoms with Crippen molar-refractivity contribution in [1.29, 1.82) is 0 Å². The Morgan fingerprint density at radius 3 is 1.96 bits per heavy atom. The number of aryl methyl sites for hydroxylation is 2. The molecule has 27 heavy (non-hydrogen) atoms. The zero-order valence-electron chi connectivity index (χ0n) is 16.9. The van der Waals surface area contributed by atoms with E-state index in [1.165, 1.54) is 43.4 Å². The molecule has 142 valence electrons. The fourth-order valence-electron chi connectivity index (χ4n) is 3.21. The van der Waals surface area contributed by atoms with Crippen molar-refractivity contribution in [2.75, 3.05) is 33.1 Å². The van der Waals surface area contributed by atoms with Gasteiger partial charge in [-0.3, -0.25) is 0 Å². The number of benzene rings is 1. The summed E-state index contributed by atoms with van der Waals surface area (Å²) in [5.74, 6) is 0. The average molecular weight is 399 g/mol. The first kappa shape index (κ1) is 21.2. The van der Waals surface area contributed by atoms with Crippen LogP contribution in [0.4, 0.5) is 5.69 Å². The van der Waals surface area contributed by atoms with E-state index in [4.69, 9.17) is 0 Å². The lowest BCUT2D eigenvalue weighted by molar-refractivity contribution is -0.462. The molecule has 2 nitrogen and oxygen atoms in total. The molecule has 3 rings (SSSR count). The average Bonchev–Trinajstić information content (AvgIpc) is 2.94. The molecule has 0 unspecified atom stereocenters. The third-order valence-electron chi connectivity index (χ3n) is 4.66. The second-order valence-electron chi connectivity index (χ2n) is 7.08. The predicted octanol–water partition coefficient (Wildman–Crippen LogP) is 2.08. The van der Waals surface area contributed by atoms with Crippen LogP contribution in [-0.2, 0) is 0 Å². The van der Waals surface area contributed by atoms with Crippen LogP contribution in [0.3, 0.4) is 0 Å². The van der Waals surface area contributed by atoms with Gasteiger partial charge in [0.1, 0.15) is 14.1 Å². The van der Waals surface area contributed by atoms with Gasteiger partial charge in [-0.2, -0.15) is 0 Å². The van der Waals surface area contributed by atoms with Crippen LogP contribution in [0.5, 0.6) is 0 Å². The summed E-state index contributed by atoms with van der Waals surface area (Å²) in [5.41, 5.74) is 7.59. The SMILES string of the molecule is Cc1cc(C(=C2C=CC(=[N+](C)C)C=C2)c2ccc(N(C)C)cc2)c(C)s1.[Cl-]. The van der Waals surface area contributed by atoms with Crippen molar-refractivity contribution in [2.24, 2.45) is 0 Å². The van der Waals surface area contributed by atoms with E-state index < -0.39 is 0 Å². The molecule has 1 aliphatic rings. The Balaban J connectivity index is 0.00000261. The van der Waals surface area contributed by atoms with E-state index in [0.29, 0.717) is 0 Å². The van der Waals surface area contributed by atoms with E-state index in [0.717, 1.165) is 0 Å². The quantitative estimate of drug-likeness (QED) is 0.717. The number of thiophene rings is 1. The normalized spacial score (nSPS) is 12.8. The Kier molecular flexibility index (Phi) is 6.85. The summed E-state index contributed by atoms with van der Waals surface area (Å²) in [6.07, 6.45) is 8.85. The molecule has 0 spiro atoms. The monoisotopic (exact) mass is 398 g/mol. The minimum Gasteiger partial charge on any atom is -1.00 e. The van der Waals surface area contributed by atoms with Gasteiger partial charge in [-0.1, -0.05) is 12.1 Å². The Bertz CT molecular complexity index is 919. The molecule has 1 heterocycles. The van der Waals surface area contributed by atoms with Crippen molar-refractivity contribution in [3.8, 4) is 0 Å². The first-order chi connectivity index (χ1) is 12.4. The molecule has 0 saturated carbocycles. The number of halogens is 1. The summed E-state index contributed by atoms with van der Waals surface area (Å²) in [6, 6.07) is 11.2. The summed E-state index contributed by atoms with van der Waals surface area (Å²) in [7, 11) is 8.30. The van der Waals surface area contributed by atoms with Crippen LogP contribution in [0, 0.1) is 13.8 Å². The van der Waals surface area contributed by atoms with E-state index in [1.807, 2.05) is 11.3 Å². The van der Waals surface area contributed by atoms with Gasteiger partial charge in [-0.15, -0.1) is 11.3 Å². The molecule has 0 saturated heterocycles. The van der Waals surface area contributed by atoms with Crippen LogP contribution < -0.4 is 17.3 Å². The van der Waals surface area contributed by atoms with Gasteiger partial charge in [0.2, 0.25) is 0 Å². The molecule has 0 N–H and O–H groups in total. The molecule has 1 aromatic carbocycles. The maximum Gasteiger partial charge on any atom is 0.199 e. The molecule has 0 bridgehead atoms. The van der Waals surface area contributed by atoms with Crippen LogP contribution in [0.2, 0.25) is 0 Å². The summed E-state index contributed by atoms with van der Waals surface area (Å²) in [6.45, 7) is 4.40. The largest absolute Gasteiger partial charge is 1.00 e. The number of allylic oxidation sites excluding steroid dienone is 5.